The van der Waals surface area contributed by atoms with Crippen LogP contribution in [0, 0.1) is 0 Å². The van der Waals surface area contributed by atoms with E-state index in [4.69, 9.17) is 0 Å². The molecule has 0 bridgehead atoms. The van der Waals surface area contributed by atoms with Crippen LogP contribution >= 0.6 is 0 Å². The Balaban J connectivity index is 1.54. The average Bonchev–Trinajstić information content (AvgIpc) is 2.67. The number of nitrogens with zero attached hydrogens (tertiary/aromatic N) is 5. The van der Waals surface area contributed by atoms with Gasteiger partial charge in [-0.3, -0.25) is 5.01 Å². The molecule has 0 saturated carbocycles. The molecule has 7 nitrogen and oxygen atoms in total. The van der Waals surface area contributed by atoms with E-state index in [9.17, 15) is 4.79 Å². The standard InChI is InChI=1S/C17H19N5O2/c1-24-17(23)14-5-7-15(8-6-14)19-20-22-12-10-21(11-13-22)16-4-2-3-9-18-16/h2-9H,10-13H2,1H3. The van der Waals surface area contributed by atoms with Crippen LogP contribution in [-0.4, -0.2) is 49.3 Å². The number of ether oxygens (including phenoxy) is 1. The number of pyridine rings is 1. The summed E-state index contributed by atoms with van der Waals surface area (Å²) in [4.78, 5) is 18.0. The molecule has 2 aromatic rings. The third-order valence-corrected chi connectivity index (χ3v) is 3.80. The Bertz CT molecular complexity index is 695. The van der Waals surface area contributed by atoms with Gasteiger partial charge in [0.15, 0.2) is 0 Å². The van der Waals surface area contributed by atoms with Crippen molar-refractivity contribution in [3.05, 3.63) is 54.2 Å². The zero-order chi connectivity index (χ0) is 16.8. The van der Waals surface area contributed by atoms with Gasteiger partial charge in [-0.15, -0.1) is 5.11 Å². The Labute approximate surface area is 140 Å². The van der Waals surface area contributed by atoms with E-state index < -0.39 is 0 Å². The lowest BCUT2D eigenvalue weighted by Gasteiger charge is -2.32. The van der Waals surface area contributed by atoms with Crippen LogP contribution < -0.4 is 4.90 Å². The fourth-order valence-corrected chi connectivity index (χ4v) is 2.45. The van der Waals surface area contributed by atoms with Gasteiger partial charge in [0.25, 0.3) is 0 Å². The molecule has 0 atom stereocenters. The minimum atomic E-state index is -0.357. The van der Waals surface area contributed by atoms with E-state index in [1.807, 2.05) is 23.2 Å². The number of hydrogen-bond donors (Lipinski definition) is 0. The minimum Gasteiger partial charge on any atom is -0.465 e. The molecule has 1 aliphatic rings. The Morgan fingerprint density at radius 1 is 1.08 bits per heavy atom. The number of anilines is 1. The highest BCUT2D eigenvalue weighted by Crippen LogP contribution is 2.16. The van der Waals surface area contributed by atoms with Gasteiger partial charge in [-0.25, -0.2) is 9.78 Å². The Morgan fingerprint density at radius 2 is 1.83 bits per heavy atom. The van der Waals surface area contributed by atoms with Gasteiger partial charge in [0.1, 0.15) is 5.82 Å². The molecule has 2 heterocycles. The summed E-state index contributed by atoms with van der Waals surface area (Å²) in [6.45, 7) is 3.30. The fourth-order valence-electron chi connectivity index (χ4n) is 2.45. The van der Waals surface area contributed by atoms with Gasteiger partial charge in [-0.1, -0.05) is 11.3 Å². The van der Waals surface area contributed by atoms with Crippen molar-refractivity contribution in [2.24, 2.45) is 10.3 Å². The van der Waals surface area contributed by atoms with E-state index in [2.05, 4.69) is 25.0 Å². The molecule has 1 fully saturated rings. The molecule has 0 radical (unpaired) electrons. The summed E-state index contributed by atoms with van der Waals surface area (Å²) < 4.78 is 4.67. The molecule has 124 valence electrons. The van der Waals surface area contributed by atoms with Crippen molar-refractivity contribution in [1.82, 2.24) is 9.99 Å². The fraction of sp³-hybridized carbons (Fsp3) is 0.294. The highest BCUT2D eigenvalue weighted by Gasteiger charge is 2.16. The summed E-state index contributed by atoms with van der Waals surface area (Å²) in [6.07, 6.45) is 1.80. The third kappa shape index (κ3) is 3.87. The number of methoxy groups -OCH3 is 1. The van der Waals surface area contributed by atoms with Crippen molar-refractivity contribution in [3.8, 4) is 0 Å². The molecule has 1 aromatic carbocycles. The monoisotopic (exact) mass is 325 g/mol. The molecular weight excluding hydrogens is 306 g/mol. The zero-order valence-corrected chi connectivity index (χ0v) is 13.5. The van der Waals surface area contributed by atoms with Crippen molar-refractivity contribution >= 4 is 17.5 Å². The molecule has 0 amide bonds. The van der Waals surface area contributed by atoms with E-state index in [-0.39, 0.29) is 5.97 Å². The zero-order valence-electron chi connectivity index (χ0n) is 13.5. The summed E-state index contributed by atoms with van der Waals surface area (Å²) in [5, 5.41) is 10.4. The Kier molecular flexibility index (Phi) is 5.00. The van der Waals surface area contributed by atoms with Crippen LogP contribution in [0.1, 0.15) is 10.4 Å². The first kappa shape index (κ1) is 15.9. The van der Waals surface area contributed by atoms with Crippen molar-refractivity contribution in [1.29, 1.82) is 0 Å². The van der Waals surface area contributed by atoms with Crippen molar-refractivity contribution in [2.75, 3.05) is 38.2 Å². The van der Waals surface area contributed by atoms with Gasteiger partial charge in [-0.05, 0) is 36.4 Å². The summed E-state index contributed by atoms with van der Waals surface area (Å²) >= 11 is 0. The number of piperazine rings is 1. The Hall–Kier alpha value is -2.96. The second kappa shape index (κ2) is 7.54. The predicted molar refractivity (Wildman–Crippen MR) is 90.3 cm³/mol. The number of carbonyl (C=O) groups excluding carboxylic acids is 1. The minimum absolute atomic E-state index is 0.357. The predicted octanol–water partition coefficient (Wildman–Crippen LogP) is 2.69. The highest BCUT2D eigenvalue weighted by atomic mass is 16.5. The average molecular weight is 325 g/mol. The first-order valence-electron chi connectivity index (χ1n) is 7.77. The number of benzene rings is 1. The van der Waals surface area contributed by atoms with Crippen LogP contribution in [-0.2, 0) is 4.74 Å². The maximum absolute atomic E-state index is 11.4. The molecule has 0 aliphatic carbocycles. The Morgan fingerprint density at radius 3 is 2.46 bits per heavy atom. The SMILES string of the molecule is COC(=O)c1ccc(N=NN2CCN(c3ccccn3)CC2)cc1. The topological polar surface area (TPSA) is 70.4 Å². The van der Waals surface area contributed by atoms with E-state index in [1.54, 1.807) is 30.5 Å². The van der Waals surface area contributed by atoms with Gasteiger partial charge in [-0.2, -0.15) is 0 Å². The normalized spacial score (nSPS) is 14.9. The van der Waals surface area contributed by atoms with E-state index in [1.165, 1.54) is 7.11 Å². The van der Waals surface area contributed by atoms with Crippen molar-refractivity contribution < 1.29 is 9.53 Å². The van der Waals surface area contributed by atoms with Crippen LogP contribution in [0.4, 0.5) is 11.5 Å². The first-order valence-corrected chi connectivity index (χ1v) is 7.77. The largest absolute Gasteiger partial charge is 0.465 e. The van der Waals surface area contributed by atoms with Crippen LogP contribution in [0.5, 0.6) is 0 Å². The quantitative estimate of drug-likeness (QED) is 0.638. The van der Waals surface area contributed by atoms with Gasteiger partial charge in [0.2, 0.25) is 0 Å². The molecule has 3 rings (SSSR count). The summed E-state index contributed by atoms with van der Waals surface area (Å²) in [6, 6.07) is 12.8. The number of rotatable bonds is 4. The lowest BCUT2D eigenvalue weighted by Crippen LogP contribution is -2.44. The summed E-state index contributed by atoms with van der Waals surface area (Å²) in [7, 11) is 1.36. The smallest absolute Gasteiger partial charge is 0.337 e. The molecule has 1 aliphatic heterocycles. The van der Waals surface area contributed by atoms with E-state index >= 15 is 0 Å². The lowest BCUT2D eigenvalue weighted by atomic mass is 10.2. The van der Waals surface area contributed by atoms with Gasteiger partial charge in [0.05, 0.1) is 31.5 Å². The highest BCUT2D eigenvalue weighted by molar-refractivity contribution is 5.89. The van der Waals surface area contributed by atoms with Gasteiger partial charge in [0, 0.05) is 19.3 Å². The maximum Gasteiger partial charge on any atom is 0.337 e. The summed E-state index contributed by atoms with van der Waals surface area (Å²) in [5.74, 6) is 0.636. The molecule has 0 spiro atoms. The van der Waals surface area contributed by atoms with Crippen LogP contribution in [0.3, 0.4) is 0 Å². The maximum atomic E-state index is 11.4. The number of carbonyl (C=O) groups is 1. The second-order valence-corrected chi connectivity index (χ2v) is 5.36. The third-order valence-electron chi connectivity index (χ3n) is 3.80. The summed E-state index contributed by atoms with van der Waals surface area (Å²) in [5.41, 5.74) is 1.20. The molecule has 0 unspecified atom stereocenters. The molecule has 0 N–H and O–H groups in total. The first-order chi connectivity index (χ1) is 11.8. The molecular formula is C17H19N5O2. The van der Waals surface area contributed by atoms with E-state index in [0.717, 1.165) is 32.0 Å². The van der Waals surface area contributed by atoms with E-state index in [0.29, 0.717) is 11.3 Å². The van der Waals surface area contributed by atoms with Crippen molar-refractivity contribution in [2.45, 2.75) is 0 Å². The molecule has 1 saturated heterocycles. The van der Waals surface area contributed by atoms with Crippen LogP contribution in [0.2, 0.25) is 0 Å². The molecule has 1 aromatic heterocycles. The number of hydrogen-bond acceptors (Lipinski definition) is 6. The van der Waals surface area contributed by atoms with Crippen LogP contribution in [0.25, 0.3) is 0 Å². The molecule has 24 heavy (non-hydrogen) atoms. The van der Waals surface area contributed by atoms with Crippen molar-refractivity contribution in [3.63, 3.8) is 0 Å². The van der Waals surface area contributed by atoms with Gasteiger partial charge >= 0.3 is 5.97 Å². The van der Waals surface area contributed by atoms with Gasteiger partial charge < -0.3 is 9.64 Å². The number of aromatic nitrogens is 1. The molecule has 7 heteroatoms. The number of esters is 1. The lowest BCUT2D eigenvalue weighted by molar-refractivity contribution is 0.0601. The second-order valence-electron chi connectivity index (χ2n) is 5.36. The van der Waals surface area contributed by atoms with Crippen LogP contribution in [0.15, 0.2) is 59.0 Å².